The van der Waals surface area contributed by atoms with Crippen molar-refractivity contribution in [2.24, 2.45) is 0 Å². The first kappa shape index (κ1) is 16.9. The fourth-order valence-electron chi connectivity index (χ4n) is 3.26. The second-order valence-corrected chi connectivity index (χ2v) is 6.60. The molecule has 140 valence electrons. The number of imidazole rings is 1. The molecule has 2 aromatic heterocycles. The number of para-hydroxylation sites is 3. The van der Waals surface area contributed by atoms with Gasteiger partial charge in [-0.25, -0.2) is 9.67 Å². The number of hydrogen-bond donors (Lipinski definition) is 2. The largest absolute Gasteiger partial charge is 0.338 e. The van der Waals surface area contributed by atoms with E-state index in [1.165, 1.54) is 0 Å². The average molecular weight is 379 g/mol. The Labute approximate surface area is 166 Å². The lowest BCUT2D eigenvalue weighted by Gasteiger charge is -2.10. The van der Waals surface area contributed by atoms with Crippen LogP contribution in [-0.4, -0.2) is 25.7 Å². The van der Waals surface area contributed by atoms with Crippen LogP contribution < -0.4 is 5.32 Å². The molecule has 5 aromatic rings. The molecule has 0 saturated carbocycles. The van der Waals surface area contributed by atoms with Crippen LogP contribution in [0.4, 0.5) is 5.69 Å². The number of anilines is 1. The van der Waals surface area contributed by atoms with Gasteiger partial charge in [0.15, 0.2) is 0 Å². The van der Waals surface area contributed by atoms with Crippen LogP contribution in [0.25, 0.3) is 28.1 Å². The Kier molecular flexibility index (Phi) is 4.14. The lowest BCUT2D eigenvalue weighted by atomic mass is 10.1. The van der Waals surface area contributed by atoms with Crippen LogP contribution in [0.3, 0.4) is 0 Å². The summed E-state index contributed by atoms with van der Waals surface area (Å²) in [6, 6.07) is 24.7. The van der Waals surface area contributed by atoms with Gasteiger partial charge in [0.05, 0.1) is 22.4 Å². The van der Waals surface area contributed by atoms with E-state index in [0.717, 1.165) is 28.1 Å². The first-order chi connectivity index (χ1) is 14.3. The van der Waals surface area contributed by atoms with Crippen molar-refractivity contribution in [1.29, 1.82) is 0 Å². The molecule has 2 N–H and O–H groups in total. The number of H-pyrrole nitrogens is 1. The number of hydrogen-bond acceptors (Lipinski definition) is 3. The Hall–Kier alpha value is -4.19. The van der Waals surface area contributed by atoms with Crippen molar-refractivity contribution in [3.8, 4) is 17.1 Å². The number of benzene rings is 3. The Balaban J connectivity index is 1.42. The minimum Gasteiger partial charge on any atom is -0.338 e. The predicted molar refractivity (Wildman–Crippen MR) is 113 cm³/mol. The third-order valence-electron chi connectivity index (χ3n) is 4.72. The summed E-state index contributed by atoms with van der Waals surface area (Å²) in [7, 11) is 0. The first-order valence-corrected chi connectivity index (χ1v) is 9.23. The van der Waals surface area contributed by atoms with Crippen LogP contribution >= 0.6 is 0 Å². The number of nitrogens with zero attached hydrogens (tertiary/aromatic N) is 3. The van der Waals surface area contributed by atoms with Gasteiger partial charge in [0, 0.05) is 23.5 Å². The number of aromatic nitrogens is 4. The fourth-order valence-corrected chi connectivity index (χ4v) is 3.26. The molecule has 0 spiro atoms. The zero-order valence-corrected chi connectivity index (χ0v) is 15.4. The minimum absolute atomic E-state index is 0.180. The Bertz CT molecular complexity index is 1250. The molecule has 6 heteroatoms. The molecule has 0 fully saturated rings. The topological polar surface area (TPSA) is 75.6 Å². The third kappa shape index (κ3) is 3.27. The normalized spacial score (nSPS) is 10.9. The van der Waals surface area contributed by atoms with Gasteiger partial charge < -0.3 is 10.3 Å². The maximum atomic E-state index is 12.8. The van der Waals surface area contributed by atoms with E-state index >= 15 is 0 Å². The van der Waals surface area contributed by atoms with E-state index in [2.05, 4.69) is 20.4 Å². The highest BCUT2D eigenvalue weighted by molar-refractivity contribution is 6.06. The summed E-state index contributed by atoms with van der Waals surface area (Å²) in [5.74, 6) is 0.539. The highest BCUT2D eigenvalue weighted by Gasteiger charge is 2.13. The van der Waals surface area contributed by atoms with Gasteiger partial charge in [-0.2, -0.15) is 5.10 Å². The number of fused-ring (bicyclic) bond motifs is 1. The van der Waals surface area contributed by atoms with E-state index in [1.54, 1.807) is 23.0 Å². The number of amides is 1. The molecular formula is C23H17N5O. The van der Waals surface area contributed by atoms with Crippen molar-refractivity contribution >= 4 is 22.6 Å². The smallest absolute Gasteiger partial charge is 0.255 e. The SMILES string of the molecule is O=C(Nc1ccccc1-c1nc2ccccc2[nH]1)c1ccc(-n2cccn2)cc1. The standard InChI is InChI=1S/C23H17N5O/c29-23(16-10-12-17(13-11-16)28-15-5-14-24-28)27-19-7-2-1-6-18(19)22-25-20-8-3-4-9-21(20)26-22/h1-15H,(H,25,26)(H,27,29). The Morgan fingerprint density at radius 2 is 1.69 bits per heavy atom. The number of nitrogens with one attached hydrogen (secondary N) is 2. The molecule has 0 radical (unpaired) electrons. The van der Waals surface area contributed by atoms with Crippen molar-refractivity contribution in [2.45, 2.75) is 0 Å². The summed E-state index contributed by atoms with van der Waals surface area (Å²) in [6.07, 6.45) is 3.58. The van der Waals surface area contributed by atoms with Crippen LogP contribution in [0.1, 0.15) is 10.4 Å². The molecule has 0 unspecified atom stereocenters. The highest BCUT2D eigenvalue weighted by Crippen LogP contribution is 2.28. The number of carbonyl (C=O) groups is 1. The van der Waals surface area contributed by atoms with Gasteiger partial charge in [0.25, 0.3) is 5.91 Å². The lowest BCUT2D eigenvalue weighted by Crippen LogP contribution is -2.12. The molecule has 6 nitrogen and oxygen atoms in total. The Morgan fingerprint density at radius 3 is 2.48 bits per heavy atom. The average Bonchev–Trinajstić information content (AvgIpc) is 3.44. The van der Waals surface area contributed by atoms with Crippen molar-refractivity contribution in [3.63, 3.8) is 0 Å². The molecule has 5 rings (SSSR count). The molecule has 0 atom stereocenters. The van der Waals surface area contributed by atoms with Crippen molar-refractivity contribution in [1.82, 2.24) is 19.7 Å². The number of rotatable bonds is 4. The lowest BCUT2D eigenvalue weighted by molar-refractivity contribution is 0.102. The molecule has 3 aromatic carbocycles. The predicted octanol–water partition coefficient (Wildman–Crippen LogP) is 4.67. The van der Waals surface area contributed by atoms with E-state index in [0.29, 0.717) is 11.3 Å². The van der Waals surface area contributed by atoms with Crippen molar-refractivity contribution in [3.05, 3.63) is 96.8 Å². The van der Waals surface area contributed by atoms with E-state index in [9.17, 15) is 4.79 Å². The second kappa shape index (κ2) is 7.09. The molecule has 2 heterocycles. The van der Waals surface area contributed by atoms with E-state index < -0.39 is 0 Å². The summed E-state index contributed by atoms with van der Waals surface area (Å²) in [5, 5.41) is 7.20. The van der Waals surface area contributed by atoms with Gasteiger partial charge in [-0.05, 0) is 54.6 Å². The third-order valence-corrected chi connectivity index (χ3v) is 4.72. The number of carbonyl (C=O) groups excluding carboxylic acids is 1. The van der Waals surface area contributed by atoms with Crippen LogP contribution in [0, 0.1) is 0 Å². The van der Waals surface area contributed by atoms with E-state index in [4.69, 9.17) is 0 Å². The van der Waals surface area contributed by atoms with Gasteiger partial charge in [-0.1, -0.05) is 24.3 Å². The molecule has 0 saturated heterocycles. The van der Waals surface area contributed by atoms with Gasteiger partial charge in [0.2, 0.25) is 0 Å². The first-order valence-electron chi connectivity index (χ1n) is 9.23. The second-order valence-electron chi connectivity index (χ2n) is 6.60. The zero-order chi connectivity index (χ0) is 19.6. The van der Waals surface area contributed by atoms with Crippen LogP contribution in [0.2, 0.25) is 0 Å². The van der Waals surface area contributed by atoms with Gasteiger partial charge >= 0.3 is 0 Å². The summed E-state index contributed by atoms with van der Waals surface area (Å²) in [4.78, 5) is 20.8. The molecule has 0 aliphatic rings. The highest BCUT2D eigenvalue weighted by atomic mass is 16.1. The fraction of sp³-hybridized carbons (Fsp3) is 0. The number of aromatic amines is 1. The summed E-state index contributed by atoms with van der Waals surface area (Å²) < 4.78 is 1.75. The van der Waals surface area contributed by atoms with Crippen molar-refractivity contribution in [2.75, 3.05) is 5.32 Å². The van der Waals surface area contributed by atoms with Gasteiger partial charge in [-0.15, -0.1) is 0 Å². The molecule has 0 aliphatic heterocycles. The molecule has 1 amide bonds. The molecule has 29 heavy (non-hydrogen) atoms. The summed E-state index contributed by atoms with van der Waals surface area (Å²) in [6.45, 7) is 0. The maximum Gasteiger partial charge on any atom is 0.255 e. The maximum absolute atomic E-state index is 12.8. The van der Waals surface area contributed by atoms with Crippen LogP contribution in [0.5, 0.6) is 0 Å². The van der Waals surface area contributed by atoms with Gasteiger partial charge in [0.1, 0.15) is 5.82 Å². The van der Waals surface area contributed by atoms with E-state index in [-0.39, 0.29) is 5.91 Å². The summed E-state index contributed by atoms with van der Waals surface area (Å²) >= 11 is 0. The molecule has 0 bridgehead atoms. The van der Waals surface area contributed by atoms with Crippen LogP contribution in [0.15, 0.2) is 91.3 Å². The quantitative estimate of drug-likeness (QED) is 0.476. The zero-order valence-electron chi connectivity index (χ0n) is 15.4. The minimum atomic E-state index is -0.180. The van der Waals surface area contributed by atoms with E-state index in [1.807, 2.05) is 72.9 Å². The van der Waals surface area contributed by atoms with Crippen molar-refractivity contribution < 1.29 is 4.79 Å². The molecule has 0 aliphatic carbocycles. The molecular weight excluding hydrogens is 362 g/mol. The Morgan fingerprint density at radius 1 is 0.897 bits per heavy atom. The monoisotopic (exact) mass is 379 g/mol. The van der Waals surface area contributed by atoms with Gasteiger partial charge in [-0.3, -0.25) is 4.79 Å². The summed E-state index contributed by atoms with van der Waals surface area (Å²) in [5.41, 5.74) is 4.85. The van der Waals surface area contributed by atoms with Crippen LogP contribution in [-0.2, 0) is 0 Å².